The molecule has 0 atom stereocenters. The van der Waals surface area contributed by atoms with E-state index in [9.17, 15) is 22.8 Å². The van der Waals surface area contributed by atoms with Gasteiger partial charge in [-0.3, -0.25) is 5.32 Å². The molecule has 1 aromatic carbocycles. The zero-order valence-corrected chi connectivity index (χ0v) is 11.9. The minimum Gasteiger partial charge on any atom is -0.444 e. The lowest BCUT2D eigenvalue weighted by atomic mass is 10.1. The molecule has 0 aliphatic rings. The molecule has 0 heterocycles. The van der Waals surface area contributed by atoms with Crippen LogP contribution >= 0.6 is 0 Å². The third-order valence-electron chi connectivity index (χ3n) is 2.38. The molecule has 0 bridgehead atoms. The SMILES string of the molecule is CC(C)(C)OC(=O)Nc1cc(C(F)(F)F)ccc1CC=O. The molecule has 116 valence electrons. The lowest BCUT2D eigenvalue weighted by Gasteiger charge is -2.20. The van der Waals surface area contributed by atoms with Crippen LogP contribution in [0.3, 0.4) is 0 Å². The fourth-order valence-corrected chi connectivity index (χ4v) is 1.55. The van der Waals surface area contributed by atoms with E-state index in [2.05, 4.69) is 5.32 Å². The first-order valence-electron chi connectivity index (χ1n) is 6.16. The van der Waals surface area contributed by atoms with Gasteiger partial charge in [0, 0.05) is 12.1 Å². The van der Waals surface area contributed by atoms with E-state index in [4.69, 9.17) is 4.74 Å². The number of ether oxygens (including phenoxy) is 1. The smallest absolute Gasteiger partial charge is 0.416 e. The van der Waals surface area contributed by atoms with Crippen LogP contribution in [0.4, 0.5) is 23.7 Å². The molecule has 1 aromatic rings. The molecule has 0 unspecified atom stereocenters. The van der Waals surface area contributed by atoms with Gasteiger partial charge in [0.25, 0.3) is 0 Å². The van der Waals surface area contributed by atoms with Crippen molar-refractivity contribution >= 4 is 18.1 Å². The quantitative estimate of drug-likeness (QED) is 0.864. The number of halogens is 3. The molecule has 0 spiro atoms. The molecule has 0 aliphatic carbocycles. The topological polar surface area (TPSA) is 55.4 Å². The Bertz CT molecular complexity index is 533. The fraction of sp³-hybridized carbons (Fsp3) is 0.429. The predicted octanol–water partition coefficient (Wildman–Crippen LogP) is 3.79. The van der Waals surface area contributed by atoms with Crippen molar-refractivity contribution in [2.75, 3.05) is 5.32 Å². The number of hydrogen-bond acceptors (Lipinski definition) is 3. The van der Waals surface area contributed by atoms with Crippen LogP contribution in [-0.2, 0) is 22.1 Å². The summed E-state index contributed by atoms with van der Waals surface area (Å²) in [7, 11) is 0. The van der Waals surface area contributed by atoms with Crippen LogP contribution in [0.5, 0.6) is 0 Å². The van der Waals surface area contributed by atoms with Gasteiger partial charge in [0.05, 0.1) is 5.56 Å². The molecule has 0 aliphatic heterocycles. The van der Waals surface area contributed by atoms with E-state index in [0.717, 1.165) is 18.2 Å². The van der Waals surface area contributed by atoms with Gasteiger partial charge < -0.3 is 9.53 Å². The van der Waals surface area contributed by atoms with Gasteiger partial charge >= 0.3 is 12.3 Å². The molecule has 7 heteroatoms. The number of alkyl halides is 3. The molecule has 0 fully saturated rings. The van der Waals surface area contributed by atoms with Crippen LogP contribution in [0.2, 0.25) is 0 Å². The minimum atomic E-state index is -4.54. The molecular weight excluding hydrogens is 287 g/mol. The molecule has 0 saturated carbocycles. The monoisotopic (exact) mass is 303 g/mol. The van der Waals surface area contributed by atoms with Gasteiger partial charge in [0.15, 0.2) is 0 Å². The largest absolute Gasteiger partial charge is 0.444 e. The highest BCUT2D eigenvalue weighted by molar-refractivity contribution is 5.86. The molecule has 1 rings (SSSR count). The Kier molecular flexibility index (Phi) is 4.98. The molecule has 1 amide bonds. The van der Waals surface area contributed by atoms with Crippen LogP contribution in [0, 0.1) is 0 Å². The maximum Gasteiger partial charge on any atom is 0.416 e. The lowest BCUT2D eigenvalue weighted by Crippen LogP contribution is -2.27. The zero-order chi connectivity index (χ0) is 16.3. The van der Waals surface area contributed by atoms with Gasteiger partial charge in [-0.1, -0.05) is 6.07 Å². The third-order valence-corrected chi connectivity index (χ3v) is 2.38. The first-order chi connectivity index (χ1) is 9.53. The summed E-state index contributed by atoms with van der Waals surface area (Å²) in [5.74, 6) is 0. The first kappa shape index (κ1) is 17.0. The summed E-state index contributed by atoms with van der Waals surface area (Å²) in [6.07, 6.45) is -4.98. The number of rotatable bonds is 3. The zero-order valence-electron chi connectivity index (χ0n) is 11.9. The average molecular weight is 303 g/mol. The molecule has 21 heavy (non-hydrogen) atoms. The average Bonchev–Trinajstić information content (AvgIpc) is 2.27. The second-order valence-corrected chi connectivity index (χ2v) is 5.37. The number of amides is 1. The van der Waals surface area contributed by atoms with E-state index in [0.29, 0.717) is 6.29 Å². The van der Waals surface area contributed by atoms with Crippen molar-refractivity contribution in [2.24, 2.45) is 0 Å². The van der Waals surface area contributed by atoms with Crippen LogP contribution in [-0.4, -0.2) is 18.0 Å². The molecule has 1 N–H and O–H groups in total. The number of aldehydes is 1. The fourth-order valence-electron chi connectivity index (χ4n) is 1.55. The third kappa shape index (κ3) is 5.45. The maximum atomic E-state index is 12.7. The van der Waals surface area contributed by atoms with E-state index < -0.39 is 23.4 Å². The number of benzene rings is 1. The van der Waals surface area contributed by atoms with Crippen molar-refractivity contribution in [2.45, 2.75) is 39.0 Å². The van der Waals surface area contributed by atoms with Crippen LogP contribution in [0.15, 0.2) is 18.2 Å². The molecular formula is C14H16F3NO3. The van der Waals surface area contributed by atoms with E-state index >= 15 is 0 Å². The number of nitrogens with one attached hydrogen (secondary N) is 1. The summed E-state index contributed by atoms with van der Waals surface area (Å²) in [4.78, 5) is 22.2. The van der Waals surface area contributed by atoms with Gasteiger partial charge in [-0.2, -0.15) is 13.2 Å². The summed E-state index contributed by atoms with van der Waals surface area (Å²) >= 11 is 0. The number of carbonyl (C=O) groups is 2. The highest BCUT2D eigenvalue weighted by atomic mass is 19.4. The number of anilines is 1. The Morgan fingerprint density at radius 1 is 1.29 bits per heavy atom. The summed E-state index contributed by atoms with van der Waals surface area (Å²) in [6, 6.07) is 2.80. The molecule has 4 nitrogen and oxygen atoms in total. The lowest BCUT2D eigenvalue weighted by molar-refractivity contribution is -0.137. The van der Waals surface area contributed by atoms with E-state index in [-0.39, 0.29) is 17.7 Å². The second-order valence-electron chi connectivity index (χ2n) is 5.37. The number of carbonyl (C=O) groups excluding carboxylic acids is 2. The normalized spacial score (nSPS) is 11.9. The number of hydrogen-bond donors (Lipinski definition) is 1. The standard InChI is InChI=1S/C14H16F3NO3/c1-13(2,3)21-12(20)18-11-8-10(14(15,16)17)5-4-9(11)6-7-19/h4-5,7-8H,6H2,1-3H3,(H,18,20). The Morgan fingerprint density at radius 3 is 2.38 bits per heavy atom. The Labute approximate surface area is 120 Å². The van der Waals surface area contributed by atoms with Crippen molar-refractivity contribution in [3.8, 4) is 0 Å². The van der Waals surface area contributed by atoms with Gasteiger partial charge in [-0.05, 0) is 38.5 Å². The first-order valence-corrected chi connectivity index (χ1v) is 6.16. The summed E-state index contributed by atoms with van der Waals surface area (Å²) in [6.45, 7) is 4.89. The van der Waals surface area contributed by atoms with E-state index in [1.54, 1.807) is 20.8 Å². The van der Waals surface area contributed by atoms with Crippen molar-refractivity contribution in [1.82, 2.24) is 0 Å². The summed E-state index contributed by atoms with van der Waals surface area (Å²) < 4.78 is 43.0. The Morgan fingerprint density at radius 2 is 1.90 bits per heavy atom. The minimum absolute atomic E-state index is 0.0915. The van der Waals surface area contributed by atoms with Crippen LogP contribution in [0.25, 0.3) is 0 Å². The van der Waals surface area contributed by atoms with Crippen molar-refractivity contribution in [3.63, 3.8) is 0 Å². The highest BCUT2D eigenvalue weighted by Gasteiger charge is 2.31. The van der Waals surface area contributed by atoms with E-state index in [1.165, 1.54) is 0 Å². The predicted molar refractivity (Wildman–Crippen MR) is 71.1 cm³/mol. The van der Waals surface area contributed by atoms with Crippen LogP contribution < -0.4 is 5.32 Å². The summed E-state index contributed by atoms with van der Waals surface area (Å²) in [5.41, 5.74) is -1.51. The van der Waals surface area contributed by atoms with Gasteiger partial charge in [-0.15, -0.1) is 0 Å². The Hall–Kier alpha value is -2.05. The van der Waals surface area contributed by atoms with Crippen molar-refractivity contribution in [3.05, 3.63) is 29.3 Å². The van der Waals surface area contributed by atoms with Crippen molar-refractivity contribution in [1.29, 1.82) is 0 Å². The molecule has 0 radical (unpaired) electrons. The van der Waals surface area contributed by atoms with Gasteiger partial charge in [0.2, 0.25) is 0 Å². The summed E-state index contributed by atoms with van der Waals surface area (Å²) in [5, 5.41) is 2.24. The molecule has 0 aromatic heterocycles. The van der Waals surface area contributed by atoms with Gasteiger partial charge in [-0.25, -0.2) is 4.79 Å². The van der Waals surface area contributed by atoms with Gasteiger partial charge in [0.1, 0.15) is 11.9 Å². The molecule has 0 saturated heterocycles. The highest BCUT2D eigenvalue weighted by Crippen LogP contribution is 2.32. The Balaban J connectivity index is 3.06. The maximum absolute atomic E-state index is 12.7. The van der Waals surface area contributed by atoms with E-state index in [1.807, 2.05) is 0 Å². The van der Waals surface area contributed by atoms with Crippen LogP contribution in [0.1, 0.15) is 31.9 Å². The second kappa shape index (κ2) is 6.15. The van der Waals surface area contributed by atoms with Crippen molar-refractivity contribution < 1.29 is 27.5 Å².